The fourth-order valence-corrected chi connectivity index (χ4v) is 5.74. The molecule has 1 aliphatic heterocycles. The molecule has 0 aliphatic carbocycles. The molecule has 1 aliphatic rings. The topological polar surface area (TPSA) is 102 Å². The summed E-state index contributed by atoms with van der Waals surface area (Å²) >= 11 is 0. The van der Waals surface area contributed by atoms with Gasteiger partial charge in [0, 0.05) is 30.0 Å². The highest BCUT2D eigenvalue weighted by Crippen LogP contribution is 2.42. The zero-order valence-corrected chi connectivity index (χ0v) is 24.6. The van der Waals surface area contributed by atoms with Gasteiger partial charge < -0.3 is 14.6 Å². The predicted molar refractivity (Wildman–Crippen MR) is 157 cm³/mol. The molecule has 0 aromatic heterocycles. The van der Waals surface area contributed by atoms with Crippen LogP contribution in [-0.4, -0.2) is 46.0 Å². The van der Waals surface area contributed by atoms with Gasteiger partial charge in [0.1, 0.15) is 5.75 Å². The first-order valence-corrected chi connectivity index (χ1v) is 15.9. The van der Waals surface area contributed by atoms with Crippen LogP contribution in [0.5, 0.6) is 5.75 Å². The first-order chi connectivity index (χ1) is 20.0. The number of benzene rings is 3. The van der Waals surface area contributed by atoms with Crippen molar-refractivity contribution in [1.82, 2.24) is 4.72 Å². The van der Waals surface area contributed by atoms with E-state index >= 15 is 8.78 Å². The van der Waals surface area contributed by atoms with Crippen molar-refractivity contribution < 1.29 is 36.6 Å². The molecule has 0 spiro atoms. The van der Waals surface area contributed by atoms with Gasteiger partial charge in [-0.15, -0.1) is 0 Å². The van der Waals surface area contributed by atoms with Crippen LogP contribution < -0.4 is 9.46 Å². The van der Waals surface area contributed by atoms with Crippen molar-refractivity contribution >= 4 is 16.0 Å². The van der Waals surface area contributed by atoms with Crippen molar-refractivity contribution in [3.8, 4) is 16.9 Å². The van der Waals surface area contributed by atoms with Crippen LogP contribution in [0.25, 0.3) is 11.1 Å². The van der Waals surface area contributed by atoms with Gasteiger partial charge in [-0.1, -0.05) is 61.4 Å². The molecule has 0 unspecified atom stereocenters. The van der Waals surface area contributed by atoms with Gasteiger partial charge in [0.15, 0.2) is 0 Å². The number of carbonyl (C=O) groups is 1. The summed E-state index contributed by atoms with van der Waals surface area (Å²) in [5.74, 6) is -3.49. The molecule has 0 bridgehead atoms. The van der Waals surface area contributed by atoms with Gasteiger partial charge in [0.05, 0.1) is 31.6 Å². The molecule has 0 saturated carbocycles. The van der Waals surface area contributed by atoms with E-state index in [1.807, 2.05) is 30.3 Å². The van der Waals surface area contributed by atoms with Crippen LogP contribution in [-0.2, 0) is 27.1 Å². The molecule has 226 valence electrons. The number of alkyl halides is 2. The maximum Gasteiger partial charge on any atom is 0.338 e. The number of sulfonamides is 1. The quantitative estimate of drug-likeness (QED) is 0.184. The Balaban J connectivity index is 1.50. The van der Waals surface area contributed by atoms with Crippen LogP contribution in [0, 0.1) is 5.92 Å². The lowest BCUT2D eigenvalue weighted by molar-refractivity contribution is -0.0158. The second-order valence-electron chi connectivity index (χ2n) is 10.7. The molecule has 42 heavy (non-hydrogen) atoms. The van der Waals surface area contributed by atoms with Crippen LogP contribution >= 0.6 is 0 Å². The Bertz CT molecular complexity index is 1480. The van der Waals surface area contributed by atoms with Crippen molar-refractivity contribution in [2.24, 2.45) is 5.92 Å². The molecular weight excluding hydrogens is 564 g/mol. The summed E-state index contributed by atoms with van der Waals surface area (Å²) < 4.78 is 66.1. The molecule has 1 heterocycles. The van der Waals surface area contributed by atoms with Crippen LogP contribution in [0.3, 0.4) is 0 Å². The summed E-state index contributed by atoms with van der Waals surface area (Å²) in [5.41, 5.74) is 2.42. The maximum absolute atomic E-state index is 15.3. The SMILES string of the molecule is COC(=O)c1ccc(C(F)(F)CCCCCCNS(C)(=O)=O)cc1-c1ccc2c(c1)OC[C@H](Cc1ccccc1)[C@H]2O. The number of hydrogen-bond donors (Lipinski definition) is 2. The molecule has 0 saturated heterocycles. The highest BCUT2D eigenvalue weighted by molar-refractivity contribution is 7.88. The number of fused-ring (bicyclic) bond motifs is 1. The van der Waals surface area contributed by atoms with E-state index in [-0.39, 0.29) is 42.0 Å². The molecule has 10 heteroatoms. The molecule has 0 amide bonds. The number of hydrogen-bond acceptors (Lipinski definition) is 6. The molecule has 2 N–H and O–H groups in total. The van der Waals surface area contributed by atoms with E-state index in [1.165, 1.54) is 25.3 Å². The van der Waals surface area contributed by atoms with Gasteiger partial charge in [0.2, 0.25) is 10.0 Å². The third-order valence-electron chi connectivity index (χ3n) is 7.51. The molecule has 3 aromatic rings. The van der Waals surface area contributed by atoms with Gasteiger partial charge in [-0.3, -0.25) is 0 Å². The molecule has 7 nitrogen and oxygen atoms in total. The number of carbonyl (C=O) groups excluding carboxylic acids is 1. The summed E-state index contributed by atoms with van der Waals surface area (Å²) in [6, 6.07) is 18.9. The summed E-state index contributed by atoms with van der Waals surface area (Å²) in [7, 11) is -2.03. The molecule has 0 fully saturated rings. The number of halogens is 2. The van der Waals surface area contributed by atoms with E-state index in [1.54, 1.807) is 18.2 Å². The molecule has 0 radical (unpaired) electrons. The van der Waals surface area contributed by atoms with Crippen molar-refractivity contribution in [2.75, 3.05) is 26.5 Å². The van der Waals surface area contributed by atoms with Crippen molar-refractivity contribution in [1.29, 1.82) is 0 Å². The summed E-state index contributed by atoms with van der Waals surface area (Å²) in [5, 5.41) is 11.1. The highest BCUT2D eigenvalue weighted by Gasteiger charge is 2.33. The Morgan fingerprint density at radius 2 is 1.79 bits per heavy atom. The van der Waals surface area contributed by atoms with E-state index in [2.05, 4.69) is 4.72 Å². The fourth-order valence-electron chi connectivity index (χ4n) is 5.23. The van der Waals surface area contributed by atoms with Crippen LogP contribution in [0.2, 0.25) is 0 Å². The van der Waals surface area contributed by atoms with E-state index in [0.29, 0.717) is 49.2 Å². The highest BCUT2D eigenvalue weighted by atomic mass is 32.2. The Hall–Kier alpha value is -3.34. The maximum atomic E-state index is 15.3. The second kappa shape index (κ2) is 13.8. The normalized spacial score (nSPS) is 16.9. The van der Waals surface area contributed by atoms with E-state index in [0.717, 1.165) is 11.8 Å². The van der Waals surface area contributed by atoms with Gasteiger partial charge in [-0.05, 0) is 54.2 Å². The average molecular weight is 602 g/mol. The lowest BCUT2D eigenvalue weighted by Gasteiger charge is -2.31. The molecular formula is C32H37F2NO6S. The predicted octanol–water partition coefficient (Wildman–Crippen LogP) is 6.02. The first kappa shape index (κ1) is 31.6. The standard InChI is InChI=1S/C32H37F2NO6S/c1-40-31(37)26-15-13-25(32(33,34)16-8-3-4-9-17-35-42(2,38)39)20-28(26)23-12-14-27-29(19-23)41-21-24(30(27)36)18-22-10-6-5-7-11-22/h5-7,10-15,19-20,24,30,35-36H,3-4,8-9,16-18,21H2,1-2H3/t24-,30+/m0/s1. The second-order valence-corrected chi connectivity index (χ2v) is 12.6. The average Bonchev–Trinajstić information content (AvgIpc) is 2.97. The number of rotatable bonds is 13. The van der Waals surface area contributed by atoms with Gasteiger partial charge in [0.25, 0.3) is 5.92 Å². The van der Waals surface area contributed by atoms with Crippen molar-refractivity contribution in [3.05, 3.63) is 89.0 Å². The van der Waals surface area contributed by atoms with E-state index in [4.69, 9.17) is 9.47 Å². The van der Waals surface area contributed by atoms with Gasteiger partial charge >= 0.3 is 5.97 Å². The third kappa shape index (κ3) is 8.14. The monoisotopic (exact) mass is 601 g/mol. The molecule has 4 rings (SSSR count). The minimum Gasteiger partial charge on any atom is -0.493 e. The van der Waals surface area contributed by atoms with Crippen molar-refractivity contribution in [3.63, 3.8) is 0 Å². The number of nitrogens with one attached hydrogen (secondary N) is 1. The number of esters is 1. The number of ether oxygens (including phenoxy) is 2. The Labute approximate surface area is 245 Å². The lowest BCUT2D eigenvalue weighted by Crippen LogP contribution is -2.27. The van der Waals surface area contributed by atoms with Crippen LogP contribution in [0.4, 0.5) is 8.78 Å². The fraction of sp³-hybridized carbons (Fsp3) is 0.406. The minimum absolute atomic E-state index is 0.144. The minimum atomic E-state index is -3.26. The Morgan fingerprint density at radius 3 is 2.50 bits per heavy atom. The number of aliphatic hydroxyl groups is 1. The van der Waals surface area contributed by atoms with E-state index < -0.39 is 28.0 Å². The molecule has 2 atom stereocenters. The number of aliphatic hydroxyl groups excluding tert-OH is 1. The van der Waals surface area contributed by atoms with Gasteiger partial charge in [-0.2, -0.15) is 0 Å². The smallest absolute Gasteiger partial charge is 0.338 e. The largest absolute Gasteiger partial charge is 0.493 e. The van der Waals surface area contributed by atoms with Crippen LogP contribution in [0.1, 0.15) is 65.3 Å². The number of unbranched alkanes of at least 4 members (excludes halogenated alkanes) is 3. The van der Waals surface area contributed by atoms with Crippen LogP contribution in [0.15, 0.2) is 66.7 Å². The molecule has 3 aromatic carbocycles. The first-order valence-electron chi connectivity index (χ1n) is 14.0. The lowest BCUT2D eigenvalue weighted by atomic mass is 9.86. The zero-order valence-electron chi connectivity index (χ0n) is 23.8. The summed E-state index contributed by atoms with van der Waals surface area (Å²) in [6.45, 7) is 0.571. The van der Waals surface area contributed by atoms with Crippen molar-refractivity contribution in [2.45, 2.75) is 50.6 Å². The summed E-state index contributed by atoms with van der Waals surface area (Å²) in [6.07, 6.45) is 2.56. The Kier molecular flexibility index (Phi) is 10.3. The third-order valence-corrected chi connectivity index (χ3v) is 8.24. The van der Waals surface area contributed by atoms with Gasteiger partial charge in [-0.25, -0.2) is 26.7 Å². The van der Waals surface area contributed by atoms with E-state index in [9.17, 15) is 18.3 Å². The number of methoxy groups -OCH3 is 1. The summed E-state index contributed by atoms with van der Waals surface area (Å²) in [4.78, 5) is 12.6. The zero-order chi connectivity index (χ0) is 30.3. The Morgan fingerprint density at radius 1 is 1.05 bits per heavy atom.